The van der Waals surface area contributed by atoms with E-state index in [1.54, 1.807) is 6.92 Å². The fourth-order valence-electron chi connectivity index (χ4n) is 2.01. The first kappa shape index (κ1) is 19.3. The van der Waals surface area contributed by atoms with Crippen molar-refractivity contribution in [3.8, 4) is 0 Å². The van der Waals surface area contributed by atoms with Crippen LogP contribution in [0.4, 0.5) is 10.1 Å². The van der Waals surface area contributed by atoms with Gasteiger partial charge in [-0.3, -0.25) is 14.9 Å². The number of halogens is 2. The largest absolute Gasteiger partial charge is 0.460 e. The fourth-order valence-corrected chi connectivity index (χ4v) is 2.27. The van der Waals surface area contributed by atoms with Gasteiger partial charge < -0.3 is 10.1 Å². The molecule has 0 bridgehead atoms. The van der Waals surface area contributed by atoms with Gasteiger partial charge in [-0.05, 0) is 30.7 Å². The van der Waals surface area contributed by atoms with E-state index in [0.29, 0.717) is 5.56 Å². The molecule has 0 atom stereocenters. The summed E-state index contributed by atoms with van der Waals surface area (Å²) >= 11 is 5.85. The molecule has 0 unspecified atom stereocenters. The van der Waals surface area contributed by atoms with Gasteiger partial charge in [0.15, 0.2) is 0 Å². The van der Waals surface area contributed by atoms with Gasteiger partial charge in [0.25, 0.3) is 11.6 Å². The monoisotopic (exact) mass is 380 g/mol. The molecule has 0 aromatic heterocycles. The van der Waals surface area contributed by atoms with Crippen LogP contribution in [-0.4, -0.2) is 30.0 Å². The Morgan fingerprint density at radius 3 is 2.62 bits per heavy atom. The lowest BCUT2D eigenvalue weighted by Gasteiger charge is -2.08. The summed E-state index contributed by atoms with van der Waals surface area (Å²) in [6, 6.07) is 7.44. The molecule has 26 heavy (non-hydrogen) atoms. The number of nitro groups is 1. The normalized spacial score (nSPS) is 10.3. The van der Waals surface area contributed by atoms with Gasteiger partial charge in [0.1, 0.15) is 12.4 Å². The van der Waals surface area contributed by atoms with Crippen molar-refractivity contribution in [2.75, 3.05) is 13.2 Å². The van der Waals surface area contributed by atoms with Crippen LogP contribution in [0.1, 0.15) is 26.3 Å². The van der Waals surface area contributed by atoms with E-state index < -0.39 is 22.6 Å². The van der Waals surface area contributed by atoms with Gasteiger partial charge in [0.05, 0.1) is 27.6 Å². The SMILES string of the molecule is Cc1ccc(C(=O)OCCNC(=O)c2ccc([N+](=O)[O-])cc2Cl)cc1F. The summed E-state index contributed by atoms with van der Waals surface area (Å²) in [5.74, 6) is -1.80. The zero-order chi connectivity index (χ0) is 19.3. The molecule has 0 aliphatic carbocycles. The van der Waals surface area contributed by atoms with Crippen molar-refractivity contribution in [1.82, 2.24) is 5.32 Å². The lowest BCUT2D eigenvalue weighted by molar-refractivity contribution is -0.384. The molecule has 9 heteroatoms. The summed E-state index contributed by atoms with van der Waals surface area (Å²) in [6.07, 6.45) is 0. The van der Waals surface area contributed by atoms with Crippen LogP contribution in [0.2, 0.25) is 5.02 Å². The van der Waals surface area contributed by atoms with Crippen molar-refractivity contribution in [2.45, 2.75) is 6.92 Å². The minimum Gasteiger partial charge on any atom is -0.460 e. The van der Waals surface area contributed by atoms with Gasteiger partial charge in [0, 0.05) is 12.1 Å². The first-order chi connectivity index (χ1) is 12.3. The highest BCUT2D eigenvalue weighted by Gasteiger charge is 2.15. The number of rotatable bonds is 6. The predicted octanol–water partition coefficient (Wildman–Crippen LogP) is 3.28. The number of benzene rings is 2. The molecular formula is C17H14ClFN2O5. The van der Waals surface area contributed by atoms with Crippen molar-refractivity contribution in [2.24, 2.45) is 0 Å². The molecule has 0 spiro atoms. The van der Waals surface area contributed by atoms with E-state index in [1.165, 1.54) is 18.2 Å². The molecule has 0 saturated heterocycles. The first-order valence-electron chi connectivity index (χ1n) is 7.45. The number of hydrogen-bond acceptors (Lipinski definition) is 5. The molecule has 0 saturated carbocycles. The minimum absolute atomic E-state index is 0.00771. The Labute approximate surface area is 152 Å². The third-order valence-electron chi connectivity index (χ3n) is 3.44. The molecule has 0 radical (unpaired) electrons. The highest BCUT2D eigenvalue weighted by Crippen LogP contribution is 2.22. The summed E-state index contributed by atoms with van der Waals surface area (Å²) in [5, 5.41) is 13.0. The van der Waals surface area contributed by atoms with E-state index in [1.807, 2.05) is 0 Å². The Balaban J connectivity index is 1.85. The number of non-ortho nitro benzene ring substituents is 1. The topological polar surface area (TPSA) is 98.5 Å². The van der Waals surface area contributed by atoms with Crippen LogP contribution in [0.5, 0.6) is 0 Å². The Morgan fingerprint density at radius 2 is 2.00 bits per heavy atom. The number of ether oxygens (including phenoxy) is 1. The number of nitrogens with one attached hydrogen (secondary N) is 1. The molecule has 7 nitrogen and oxygen atoms in total. The summed E-state index contributed by atoms with van der Waals surface area (Å²) in [5.41, 5.74) is 0.307. The number of nitrogens with zero attached hydrogens (tertiary/aromatic N) is 1. The average molecular weight is 381 g/mol. The van der Waals surface area contributed by atoms with E-state index in [2.05, 4.69) is 5.32 Å². The zero-order valence-electron chi connectivity index (χ0n) is 13.6. The van der Waals surface area contributed by atoms with Crippen LogP contribution in [0.25, 0.3) is 0 Å². The number of hydrogen-bond donors (Lipinski definition) is 1. The molecule has 2 rings (SSSR count). The fraction of sp³-hybridized carbons (Fsp3) is 0.176. The van der Waals surface area contributed by atoms with Crippen molar-refractivity contribution in [3.05, 3.63) is 74.0 Å². The molecule has 0 aliphatic rings. The molecule has 1 amide bonds. The Bertz CT molecular complexity index is 872. The second-order valence-electron chi connectivity index (χ2n) is 5.28. The van der Waals surface area contributed by atoms with E-state index in [9.17, 15) is 24.1 Å². The van der Waals surface area contributed by atoms with E-state index in [-0.39, 0.29) is 35.0 Å². The Kier molecular flexibility index (Phi) is 6.24. The molecule has 2 aromatic rings. The van der Waals surface area contributed by atoms with Crippen LogP contribution in [0.15, 0.2) is 36.4 Å². The highest BCUT2D eigenvalue weighted by molar-refractivity contribution is 6.34. The number of carbonyl (C=O) groups is 2. The summed E-state index contributed by atoms with van der Waals surface area (Å²) < 4.78 is 18.4. The van der Waals surface area contributed by atoms with Gasteiger partial charge >= 0.3 is 5.97 Å². The first-order valence-corrected chi connectivity index (χ1v) is 7.83. The number of aryl methyl sites for hydroxylation is 1. The predicted molar refractivity (Wildman–Crippen MR) is 91.9 cm³/mol. The molecule has 0 fully saturated rings. The maximum absolute atomic E-state index is 13.4. The highest BCUT2D eigenvalue weighted by atomic mass is 35.5. The zero-order valence-corrected chi connectivity index (χ0v) is 14.4. The standard InChI is InChI=1S/C17H14ClFN2O5/c1-10-2-3-11(8-15(10)19)17(23)26-7-6-20-16(22)13-5-4-12(21(24)25)9-14(13)18/h2-5,8-9H,6-7H2,1H3,(H,20,22). The third-order valence-corrected chi connectivity index (χ3v) is 3.75. The maximum Gasteiger partial charge on any atom is 0.338 e. The molecule has 1 N–H and O–H groups in total. The van der Waals surface area contributed by atoms with Crippen LogP contribution in [-0.2, 0) is 4.74 Å². The summed E-state index contributed by atoms with van der Waals surface area (Å²) in [4.78, 5) is 33.8. The summed E-state index contributed by atoms with van der Waals surface area (Å²) in [7, 11) is 0. The number of nitro benzene ring substituents is 1. The van der Waals surface area contributed by atoms with Crippen molar-refractivity contribution < 1.29 is 23.6 Å². The van der Waals surface area contributed by atoms with Gasteiger partial charge in [-0.15, -0.1) is 0 Å². The van der Waals surface area contributed by atoms with Crippen molar-refractivity contribution in [1.29, 1.82) is 0 Å². The quantitative estimate of drug-likeness (QED) is 0.359. The average Bonchev–Trinajstić information content (AvgIpc) is 2.60. The molecule has 0 heterocycles. The lowest BCUT2D eigenvalue weighted by Crippen LogP contribution is -2.28. The van der Waals surface area contributed by atoms with Crippen LogP contribution in [0, 0.1) is 22.9 Å². The van der Waals surface area contributed by atoms with Crippen LogP contribution < -0.4 is 5.32 Å². The van der Waals surface area contributed by atoms with Crippen molar-refractivity contribution in [3.63, 3.8) is 0 Å². The second kappa shape index (κ2) is 8.39. The van der Waals surface area contributed by atoms with Crippen LogP contribution in [0.3, 0.4) is 0 Å². The summed E-state index contributed by atoms with van der Waals surface area (Å²) in [6.45, 7) is 1.43. The Morgan fingerprint density at radius 1 is 1.27 bits per heavy atom. The van der Waals surface area contributed by atoms with Gasteiger partial charge in [0.2, 0.25) is 0 Å². The van der Waals surface area contributed by atoms with Gasteiger partial charge in [-0.25, -0.2) is 9.18 Å². The van der Waals surface area contributed by atoms with E-state index >= 15 is 0 Å². The minimum atomic E-state index is -0.716. The van der Waals surface area contributed by atoms with E-state index in [4.69, 9.17) is 16.3 Å². The number of amides is 1. The molecule has 2 aromatic carbocycles. The molecule has 136 valence electrons. The molecule has 0 aliphatic heterocycles. The Hall–Kier alpha value is -3.00. The van der Waals surface area contributed by atoms with Crippen molar-refractivity contribution >= 4 is 29.2 Å². The van der Waals surface area contributed by atoms with Crippen LogP contribution >= 0.6 is 11.6 Å². The number of carbonyl (C=O) groups excluding carboxylic acids is 2. The molecular weight excluding hydrogens is 367 g/mol. The second-order valence-corrected chi connectivity index (χ2v) is 5.68. The smallest absolute Gasteiger partial charge is 0.338 e. The lowest BCUT2D eigenvalue weighted by atomic mass is 10.1. The third kappa shape index (κ3) is 4.76. The van der Waals surface area contributed by atoms with Gasteiger partial charge in [-0.1, -0.05) is 17.7 Å². The maximum atomic E-state index is 13.4. The number of esters is 1. The van der Waals surface area contributed by atoms with Gasteiger partial charge in [-0.2, -0.15) is 0 Å². The van der Waals surface area contributed by atoms with E-state index in [0.717, 1.165) is 18.2 Å².